The van der Waals surface area contributed by atoms with Crippen molar-refractivity contribution < 1.29 is 0 Å². The van der Waals surface area contributed by atoms with Gasteiger partial charge in [0.15, 0.2) is 0 Å². The molecule has 0 aromatic heterocycles. The first-order chi connectivity index (χ1) is 5.31. The third kappa shape index (κ3) is 6.97. The Hall–Kier alpha value is -0.920. The largest absolute Gasteiger partial charge is 0.205 e. The minimum absolute atomic E-state index is 0.757. The normalized spacial score (nSPS) is 14.4. The molecular weight excluding hydrogens is 136 g/mol. The first kappa shape index (κ1) is 10.1. The number of hydrogen-bond acceptors (Lipinski definition) is 2. The number of nitrogens with one attached hydrogen (secondary N) is 1. The average molecular weight is 152 g/mol. The van der Waals surface area contributed by atoms with Gasteiger partial charge in [-0.3, -0.25) is 0 Å². The molecule has 0 aliphatic carbocycles. The zero-order valence-corrected chi connectivity index (χ0v) is 7.25. The van der Waals surface area contributed by atoms with Crippen molar-refractivity contribution in [3.63, 3.8) is 0 Å². The van der Waals surface area contributed by atoms with Crippen LogP contribution in [0.15, 0.2) is 29.5 Å². The van der Waals surface area contributed by atoms with Crippen LogP contribution in [0.5, 0.6) is 0 Å². The highest BCUT2D eigenvalue weighted by atomic mass is 14.9. The summed E-state index contributed by atoms with van der Waals surface area (Å²) in [6, 6.07) is 0. The zero-order valence-electron chi connectivity index (χ0n) is 7.25. The van der Waals surface area contributed by atoms with Gasteiger partial charge < -0.3 is 0 Å². The van der Waals surface area contributed by atoms with E-state index in [-0.39, 0.29) is 0 Å². The molecule has 0 aliphatic rings. The summed E-state index contributed by atoms with van der Waals surface area (Å²) in [5.74, 6) is 0.757. The average Bonchev–Trinajstić information content (AvgIpc) is 2.04. The molecule has 0 spiro atoms. The second kappa shape index (κ2) is 7.19. The summed E-state index contributed by atoms with van der Waals surface area (Å²) < 4.78 is 0. The number of nitrogens with zero attached hydrogens (tertiary/aromatic N) is 1. The standard InChI is InChI=1S/C9H16N2/c1-3-9(2)7-5-4-6-8-11-10/h4-6,8-10H,3,7H2,1-2H3/b5-4?,8-6-,11-10?. The lowest BCUT2D eigenvalue weighted by Crippen LogP contribution is -1.87. The van der Waals surface area contributed by atoms with Crippen LogP contribution in [0.3, 0.4) is 0 Å². The number of rotatable bonds is 5. The Morgan fingerprint density at radius 2 is 2.18 bits per heavy atom. The van der Waals surface area contributed by atoms with Crippen LogP contribution in [0.2, 0.25) is 0 Å². The van der Waals surface area contributed by atoms with Crippen LogP contribution in [-0.4, -0.2) is 0 Å². The van der Waals surface area contributed by atoms with E-state index in [4.69, 9.17) is 5.53 Å². The second-order valence-corrected chi connectivity index (χ2v) is 2.65. The van der Waals surface area contributed by atoms with Crippen molar-refractivity contribution in [3.05, 3.63) is 24.4 Å². The molecule has 0 saturated carbocycles. The minimum Gasteiger partial charge on any atom is -0.205 e. The molecule has 0 aromatic rings. The van der Waals surface area contributed by atoms with Crippen molar-refractivity contribution >= 4 is 0 Å². The highest BCUT2D eigenvalue weighted by Crippen LogP contribution is 2.06. The van der Waals surface area contributed by atoms with Crippen LogP contribution in [0, 0.1) is 11.4 Å². The SMILES string of the molecule is CCC(C)CC=C/C=C\N=N. The molecule has 0 saturated heterocycles. The van der Waals surface area contributed by atoms with Gasteiger partial charge in [-0.25, -0.2) is 5.53 Å². The van der Waals surface area contributed by atoms with Crippen LogP contribution >= 0.6 is 0 Å². The van der Waals surface area contributed by atoms with Gasteiger partial charge in [0.2, 0.25) is 0 Å². The fraction of sp³-hybridized carbons (Fsp3) is 0.556. The van der Waals surface area contributed by atoms with E-state index in [0.29, 0.717) is 0 Å². The molecule has 1 N–H and O–H groups in total. The number of hydrogen-bond donors (Lipinski definition) is 1. The molecule has 0 aromatic carbocycles. The fourth-order valence-electron chi connectivity index (χ4n) is 0.649. The topological polar surface area (TPSA) is 36.2 Å². The first-order valence-electron chi connectivity index (χ1n) is 3.99. The van der Waals surface area contributed by atoms with Gasteiger partial charge in [-0.05, 0) is 18.4 Å². The second-order valence-electron chi connectivity index (χ2n) is 2.65. The molecular formula is C9H16N2. The van der Waals surface area contributed by atoms with E-state index in [1.54, 1.807) is 6.08 Å². The van der Waals surface area contributed by atoms with Gasteiger partial charge in [0.25, 0.3) is 0 Å². The summed E-state index contributed by atoms with van der Waals surface area (Å²) in [7, 11) is 0. The van der Waals surface area contributed by atoms with E-state index in [9.17, 15) is 0 Å². The van der Waals surface area contributed by atoms with Gasteiger partial charge in [0, 0.05) is 6.20 Å². The summed E-state index contributed by atoms with van der Waals surface area (Å²) in [6.07, 6.45) is 9.61. The minimum atomic E-state index is 0.757. The molecule has 0 radical (unpaired) electrons. The summed E-state index contributed by atoms with van der Waals surface area (Å²) in [4.78, 5) is 0. The van der Waals surface area contributed by atoms with Gasteiger partial charge in [-0.2, -0.15) is 5.11 Å². The van der Waals surface area contributed by atoms with E-state index in [0.717, 1.165) is 12.3 Å². The van der Waals surface area contributed by atoms with Crippen molar-refractivity contribution in [2.45, 2.75) is 26.7 Å². The van der Waals surface area contributed by atoms with Crippen LogP contribution in [0.4, 0.5) is 0 Å². The fourth-order valence-corrected chi connectivity index (χ4v) is 0.649. The molecule has 0 heterocycles. The predicted octanol–water partition coefficient (Wildman–Crippen LogP) is 3.52. The van der Waals surface area contributed by atoms with Gasteiger partial charge in [0.1, 0.15) is 0 Å². The van der Waals surface area contributed by atoms with Gasteiger partial charge in [-0.15, -0.1) is 0 Å². The maximum absolute atomic E-state index is 6.46. The molecule has 1 unspecified atom stereocenters. The third-order valence-electron chi connectivity index (χ3n) is 1.64. The van der Waals surface area contributed by atoms with Gasteiger partial charge in [-0.1, -0.05) is 32.4 Å². The molecule has 0 bridgehead atoms. The summed E-state index contributed by atoms with van der Waals surface area (Å²) in [5, 5.41) is 3.09. The highest BCUT2D eigenvalue weighted by molar-refractivity contribution is 5.01. The quantitative estimate of drug-likeness (QED) is 0.462. The van der Waals surface area contributed by atoms with Crippen LogP contribution in [0.25, 0.3) is 0 Å². The van der Waals surface area contributed by atoms with Gasteiger partial charge >= 0.3 is 0 Å². The van der Waals surface area contributed by atoms with Crippen LogP contribution < -0.4 is 0 Å². The lowest BCUT2D eigenvalue weighted by Gasteiger charge is -2.00. The van der Waals surface area contributed by atoms with Crippen molar-refractivity contribution in [1.29, 1.82) is 5.53 Å². The first-order valence-corrected chi connectivity index (χ1v) is 3.99. The zero-order chi connectivity index (χ0) is 8.53. The molecule has 0 fully saturated rings. The predicted molar refractivity (Wildman–Crippen MR) is 47.5 cm³/mol. The monoisotopic (exact) mass is 152 g/mol. The Balaban J connectivity index is 3.43. The smallest absolute Gasteiger partial charge is 0.0488 e. The summed E-state index contributed by atoms with van der Waals surface area (Å²) >= 11 is 0. The summed E-state index contributed by atoms with van der Waals surface area (Å²) in [5.41, 5.74) is 6.46. The van der Waals surface area contributed by atoms with Crippen LogP contribution in [0.1, 0.15) is 26.7 Å². The van der Waals surface area contributed by atoms with Crippen molar-refractivity contribution in [1.82, 2.24) is 0 Å². The van der Waals surface area contributed by atoms with Gasteiger partial charge in [0.05, 0.1) is 0 Å². The van der Waals surface area contributed by atoms with E-state index in [1.807, 2.05) is 6.08 Å². The highest BCUT2D eigenvalue weighted by Gasteiger charge is 1.91. The van der Waals surface area contributed by atoms with E-state index in [2.05, 4.69) is 25.0 Å². The Labute approximate surface area is 68.5 Å². The lowest BCUT2D eigenvalue weighted by atomic mass is 10.1. The van der Waals surface area contributed by atoms with E-state index in [1.165, 1.54) is 12.6 Å². The molecule has 0 aliphatic heterocycles. The Morgan fingerprint density at radius 1 is 1.45 bits per heavy atom. The Morgan fingerprint density at radius 3 is 2.73 bits per heavy atom. The molecule has 0 amide bonds. The number of allylic oxidation sites excluding steroid dienone is 3. The van der Waals surface area contributed by atoms with Crippen molar-refractivity contribution in [2.75, 3.05) is 0 Å². The van der Waals surface area contributed by atoms with E-state index >= 15 is 0 Å². The third-order valence-corrected chi connectivity index (χ3v) is 1.64. The Bertz CT molecular complexity index is 148. The van der Waals surface area contributed by atoms with Crippen molar-refractivity contribution in [3.8, 4) is 0 Å². The molecule has 1 atom stereocenters. The van der Waals surface area contributed by atoms with Crippen molar-refractivity contribution in [2.24, 2.45) is 11.0 Å². The maximum Gasteiger partial charge on any atom is 0.0488 e. The molecule has 2 nitrogen and oxygen atoms in total. The molecule has 11 heavy (non-hydrogen) atoms. The van der Waals surface area contributed by atoms with Crippen LogP contribution in [-0.2, 0) is 0 Å². The lowest BCUT2D eigenvalue weighted by molar-refractivity contribution is 0.572. The molecule has 0 rings (SSSR count). The van der Waals surface area contributed by atoms with E-state index < -0.39 is 0 Å². The Kier molecular flexibility index (Phi) is 6.59. The summed E-state index contributed by atoms with van der Waals surface area (Å²) in [6.45, 7) is 4.41. The maximum atomic E-state index is 6.46. The molecule has 62 valence electrons. The molecule has 2 heteroatoms.